The Kier molecular flexibility index (Phi) is 2.24. The minimum absolute atomic E-state index is 0.0672. The van der Waals surface area contributed by atoms with Gasteiger partial charge in [-0.1, -0.05) is 0 Å². The van der Waals surface area contributed by atoms with Crippen molar-refractivity contribution >= 4 is 17.7 Å². The minimum Gasteiger partial charge on any atom is -0.422 e. The van der Waals surface area contributed by atoms with Crippen LogP contribution in [0, 0.1) is 35.5 Å². The predicted octanol–water partition coefficient (Wildman–Crippen LogP) is 1.30. The molecular weight excluding hydrogens is 260 g/mol. The molecule has 4 fully saturated rings. The van der Waals surface area contributed by atoms with Crippen molar-refractivity contribution < 1.29 is 23.9 Å². The second kappa shape index (κ2) is 3.62. The molecule has 0 spiro atoms. The van der Waals surface area contributed by atoms with Crippen LogP contribution in [-0.2, 0) is 23.9 Å². The maximum Gasteiger partial charge on any atom is 0.305 e. The first kappa shape index (κ1) is 12.4. The number of rotatable bonds is 2. The number of Topliss-reactive ketones (excluding diaryl/α,β-unsaturated/α-hetero) is 1. The van der Waals surface area contributed by atoms with Gasteiger partial charge in [-0.15, -0.1) is 0 Å². The average Bonchev–Trinajstić information content (AvgIpc) is 2.92. The standard InChI is InChI=1S/C15H18O5/c1-6(16)19-15(20-7(2)17)5-11-8-4-12(18)13-9(8)3-10(11)14(13)15/h8-11,13-14H,3-5H2,1-2H3/t8-,9-,10-,11-,13+,14+/m0/s1. The lowest BCUT2D eigenvalue weighted by molar-refractivity contribution is -0.244. The quantitative estimate of drug-likeness (QED) is 0.562. The Balaban J connectivity index is 1.77. The predicted molar refractivity (Wildman–Crippen MR) is 66.1 cm³/mol. The van der Waals surface area contributed by atoms with E-state index in [-0.39, 0.29) is 17.6 Å². The molecule has 0 aliphatic heterocycles. The molecule has 0 amide bonds. The molecule has 0 aromatic heterocycles. The van der Waals surface area contributed by atoms with Gasteiger partial charge in [0.15, 0.2) is 0 Å². The number of fused-ring (bicyclic) bond motifs is 2. The SMILES string of the molecule is CC(=O)OC1(OC(C)=O)C[C@H]2[C@H]3CC(=O)[C@H]4[C@H]3C[C@@H]2[C@H]41. The Hall–Kier alpha value is -1.39. The third-order valence-corrected chi connectivity index (χ3v) is 5.97. The van der Waals surface area contributed by atoms with Crippen LogP contribution in [0.4, 0.5) is 0 Å². The lowest BCUT2D eigenvalue weighted by Crippen LogP contribution is -2.46. The molecule has 4 saturated carbocycles. The molecule has 0 N–H and O–H groups in total. The third kappa shape index (κ3) is 1.31. The van der Waals surface area contributed by atoms with E-state index in [9.17, 15) is 14.4 Å². The normalized spacial score (nSPS) is 45.8. The van der Waals surface area contributed by atoms with E-state index in [0.717, 1.165) is 6.42 Å². The summed E-state index contributed by atoms with van der Waals surface area (Å²) in [6.07, 6.45) is 2.27. The zero-order chi connectivity index (χ0) is 14.2. The highest BCUT2D eigenvalue weighted by Gasteiger charge is 2.76. The van der Waals surface area contributed by atoms with Crippen LogP contribution in [0.25, 0.3) is 0 Å². The number of hydrogen-bond acceptors (Lipinski definition) is 5. The molecule has 20 heavy (non-hydrogen) atoms. The highest BCUT2D eigenvalue weighted by Crippen LogP contribution is 2.72. The topological polar surface area (TPSA) is 69.7 Å². The van der Waals surface area contributed by atoms with E-state index in [1.54, 1.807) is 0 Å². The fraction of sp³-hybridized carbons (Fsp3) is 0.800. The number of esters is 2. The van der Waals surface area contributed by atoms with Crippen LogP contribution in [0.2, 0.25) is 0 Å². The largest absolute Gasteiger partial charge is 0.422 e. The van der Waals surface area contributed by atoms with E-state index in [1.807, 2.05) is 0 Å². The van der Waals surface area contributed by atoms with Crippen molar-refractivity contribution in [3.05, 3.63) is 0 Å². The molecule has 4 rings (SSSR count). The molecule has 0 radical (unpaired) electrons. The smallest absolute Gasteiger partial charge is 0.305 e. The van der Waals surface area contributed by atoms with Crippen molar-refractivity contribution in [1.29, 1.82) is 0 Å². The van der Waals surface area contributed by atoms with Crippen LogP contribution in [0.15, 0.2) is 0 Å². The summed E-state index contributed by atoms with van der Waals surface area (Å²) in [4.78, 5) is 35.2. The molecule has 0 heterocycles. The van der Waals surface area contributed by atoms with Gasteiger partial charge in [0.25, 0.3) is 5.79 Å². The third-order valence-electron chi connectivity index (χ3n) is 5.97. The highest BCUT2D eigenvalue weighted by molar-refractivity contribution is 5.86. The van der Waals surface area contributed by atoms with Crippen LogP contribution in [-0.4, -0.2) is 23.5 Å². The van der Waals surface area contributed by atoms with E-state index in [0.29, 0.717) is 36.5 Å². The monoisotopic (exact) mass is 278 g/mol. The first-order valence-electron chi connectivity index (χ1n) is 7.35. The maximum absolute atomic E-state index is 12.3. The highest BCUT2D eigenvalue weighted by atomic mass is 16.7. The van der Waals surface area contributed by atoms with E-state index in [1.165, 1.54) is 13.8 Å². The first-order valence-corrected chi connectivity index (χ1v) is 7.35. The summed E-state index contributed by atoms with van der Waals surface area (Å²) in [5, 5.41) is 0. The first-order chi connectivity index (χ1) is 9.43. The van der Waals surface area contributed by atoms with Gasteiger partial charge in [0, 0.05) is 38.5 Å². The second-order valence-corrected chi connectivity index (χ2v) is 6.82. The minimum atomic E-state index is -1.18. The van der Waals surface area contributed by atoms with Crippen LogP contribution >= 0.6 is 0 Å². The van der Waals surface area contributed by atoms with Gasteiger partial charge in [-0.05, 0) is 30.1 Å². The molecule has 0 saturated heterocycles. The summed E-state index contributed by atoms with van der Waals surface area (Å²) >= 11 is 0. The Bertz CT molecular complexity index is 508. The Morgan fingerprint density at radius 1 is 1.05 bits per heavy atom. The summed E-state index contributed by atoms with van der Waals surface area (Å²) in [5.41, 5.74) is 0. The maximum atomic E-state index is 12.3. The summed E-state index contributed by atoms with van der Waals surface area (Å²) in [6.45, 7) is 2.66. The van der Waals surface area contributed by atoms with Gasteiger partial charge in [0.1, 0.15) is 5.78 Å². The Labute approximate surface area is 117 Å². The molecule has 0 unspecified atom stereocenters. The number of carbonyl (C=O) groups excluding carboxylic acids is 3. The number of hydrogen-bond donors (Lipinski definition) is 0. The van der Waals surface area contributed by atoms with E-state index < -0.39 is 17.7 Å². The van der Waals surface area contributed by atoms with Crippen molar-refractivity contribution in [3.63, 3.8) is 0 Å². The van der Waals surface area contributed by atoms with Crippen LogP contribution in [0.3, 0.4) is 0 Å². The molecule has 4 aliphatic rings. The summed E-state index contributed by atoms with van der Waals surface area (Å²) < 4.78 is 11.0. The van der Waals surface area contributed by atoms with E-state index >= 15 is 0 Å². The molecule has 5 heteroatoms. The van der Waals surface area contributed by atoms with Gasteiger partial charge < -0.3 is 9.47 Å². The van der Waals surface area contributed by atoms with E-state index in [2.05, 4.69) is 0 Å². The zero-order valence-electron chi connectivity index (χ0n) is 11.6. The molecule has 0 aromatic carbocycles. The molecule has 108 valence electrons. The number of ether oxygens (including phenoxy) is 2. The van der Waals surface area contributed by atoms with Gasteiger partial charge in [-0.2, -0.15) is 0 Å². The number of carbonyl (C=O) groups is 3. The zero-order valence-corrected chi connectivity index (χ0v) is 11.6. The second-order valence-electron chi connectivity index (χ2n) is 6.82. The van der Waals surface area contributed by atoms with Gasteiger partial charge in [-0.25, -0.2) is 0 Å². The van der Waals surface area contributed by atoms with Gasteiger partial charge in [0.2, 0.25) is 0 Å². The van der Waals surface area contributed by atoms with Crippen LogP contribution in [0.1, 0.15) is 33.1 Å². The molecule has 0 aromatic rings. The molecule has 4 aliphatic carbocycles. The Morgan fingerprint density at radius 2 is 1.70 bits per heavy atom. The average molecular weight is 278 g/mol. The summed E-state index contributed by atoms with van der Waals surface area (Å²) in [7, 11) is 0. The fourth-order valence-corrected chi connectivity index (χ4v) is 5.86. The van der Waals surface area contributed by atoms with Crippen molar-refractivity contribution in [1.82, 2.24) is 0 Å². The van der Waals surface area contributed by atoms with Crippen molar-refractivity contribution in [2.75, 3.05) is 0 Å². The van der Waals surface area contributed by atoms with Gasteiger partial charge in [0.05, 0.1) is 0 Å². The van der Waals surface area contributed by atoms with Crippen LogP contribution in [0.5, 0.6) is 0 Å². The van der Waals surface area contributed by atoms with Gasteiger partial charge in [-0.3, -0.25) is 14.4 Å². The molecule has 6 atom stereocenters. The molecule has 5 nitrogen and oxygen atoms in total. The Morgan fingerprint density at radius 3 is 2.30 bits per heavy atom. The van der Waals surface area contributed by atoms with Crippen LogP contribution < -0.4 is 0 Å². The summed E-state index contributed by atoms with van der Waals surface area (Å²) in [5.74, 6) is -0.392. The lowest BCUT2D eigenvalue weighted by atomic mass is 9.79. The van der Waals surface area contributed by atoms with Gasteiger partial charge >= 0.3 is 11.9 Å². The van der Waals surface area contributed by atoms with Crippen molar-refractivity contribution in [3.8, 4) is 0 Å². The van der Waals surface area contributed by atoms with Crippen molar-refractivity contribution in [2.24, 2.45) is 35.5 Å². The number of ketones is 1. The summed E-state index contributed by atoms with van der Waals surface area (Å²) in [6, 6.07) is 0. The lowest BCUT2D eigenvalue weighted by Gasteiger charge is -2.35. The van der Waals surface area contributed by atoms with E-state index in [4.69, 9.17) is 9.47 Å². The molecular formula is C15H18O5. The fourth-order valence-electron chi connectivity index (χ4n) is 5.86. The molecule has 2 bridgehead atoms. The van der Waals surface area contributed by atoms with Crippen molar-refractivity contribution in [2.45, 2.75) is 38.9 Å².